The van der Waals surface area contributed by atoms with E-state index in [9.17, 15) is 4.79 Å². The van der Waals surface area contributed by atoms with Gasteiger partial charge >= 0.3 is 0 Å². The van der Waals surface area contributed by atoms with Crippen molar-refractivity contribution in [2.45, 2.75) is 18.9 Å². The standard InChI is InChI=1S/C16H19N3O2S/c1-21-14-4-2-12(3-5-14)15(20)18-13-6-9-19(10-7-13)16-17-8-11-22-16/h2-5,8,11,13H,6-7,9-10H2,1H3,(H,18,20). The summed E-state index contributed by atoms with van der Waals surface area (Å²) in [7, 11) is 1.62. The van der Waals surface area contributed by atoms with Crippen molar-refractivity contribution in [2.24, 2.45) is 0 Å². The van der Waals surface area contributed by atoms with Gasteiger partial charge in [0.25, 0.3) is 5.91 Å². The van der Waals surface area contributed by atoms with Crippen molar-refractivity contribution in [2.75, 3.05) is 25.1 Å². The Bertz CT molecular complexity index is 605. The number of ether oxygens (including phenoxy) is 1. The van der Waals surface area contributed by atoms with Crippen LogP contribution in [0.25, 0.3) is 0 Å². The Morgan fingerprint density at radius 1 is 1.32 bits per heavy atom. The number of aromatic nitrogens is 1. The smallest absolute Gasteiger partial charge is 0.251 e. The molecule has 1 amide bonds. The fraction of sp³-hybridized carbons (Fsp3) is 0.375. The molecule has 3 rings (SSSR count). The van der Waals surface area contributed by atoms with Crippen molar-refractivity contribution in [1.29, 1.82) is 0 Å². The van der Waals surface area contributed by atoms with Crippen LogP contribution >= 0.6 is 11.3 Å². The van der Waals surface area contributed by atoms with Crippen LogP contribution in [0.2, 0.25) is 0 Å². The largest absolute Gasteiger partial charge is 0.497 e. The van der Waals surface area contributed by atoms with E-state index in [2.05, 4.69) is 15.2 Å². The molecule has 116 valence electrons. The van der Waals surface area contributed by atoms with Crippen LogP contribution in [0.1, 0.15) is 23.2 Å². The number of rotatable bonds is 4. The average molecular weight is 317 g/mol. The summed E-state index contributed by atoms with van der Waals surface area (Å²) in [4.78, 5) is 18.9. The van der Waals surface area contributed by atoms with Gasteiger partial charge in [-0.2, -0.15) is 0 Å². The number of nitrogens with zero attached hydrogens (tertiary/aromatic N) is 2. The number of thiazole rings is 1. The second-order valence-corrected chi connectivity index (χ2v) is 6.15. The van der Waals surface area contributed by atoms with Gasteiger partial charge in [0.2, 0.25) is 0 Å². The molecule has 1 aliphatic rings. The molecule has 1 aliphatic heterocycles. The van der Waals surface area contributed by atoms with Crippen LogP contribution in [0.15, 0.2) is 35.8 Å². The Hall–Kier alpha value is -2.08. The number of nitrogens with one attached hydrogen (secondary N) is 1. The van der Waals surface area contributed by atoms with Crippen molar-refractivity contribution in [3.05, 3.63) is 41.4 Å². The van der Waals surface area contributed by atoms with Crippen molar-refractivity contribution >= 4 is 22.4 Å². The fourth-order valence-corrected chi connectivity index (χ4v) is 3.30. The Balaban J connectivity index is 1.52. The zero-order valence-corrected chi connectivity index (χ0v) is 13.3. The van der Waals surface area contributed by atoms with Gasteiger partial charge in [-0.15, -0.1) is 11.3 Å². The molecule has 1 saturated heterocycles. The van der Waals surface area contributed by atoms with Crippen LogP contribution in [0.4, 0.5) is 5.13 Å². The molecular formula is C16H19N3O2S. The number of piperidine rings is 1. The lowest BCUT2D eigenvalue weighted by Gasteiger charge is -2.32. The predicted molar refractivity (Wildman–Crippen MR) is 87.8 cm³/mol. The Morgan fingerprint density at radius 3 is 2.64 bits per heavy atom. The van der Waals surface area contributed by atoms with E-state index in [4.69, 9.17) is 4.74 Å². The lowest BCUT2D eigenvalue weighted by molar-refractivity contribution is 0.0931. The van der Waals surface area contributed by atoms with Gasteiger partial charge in [0.05, 0.1) is 7.11 Å². The highest BCUT2D eigenvalue weighted by Crippen LogP contribution is 2.22. The molecule has 0 aliphatic carbocycles. The van der Waals surface area contributed by atoms with E-state index in [1.54, 1.807) is 42.7 Å². The summed E-state index contributed by atoms with van der Waals surface area (Å²) in [6.45, 7) is 1.86. The lowest BCUT2D eigenvalue weighted by atomic mass is 10.0. The molecule has 1 aromatic heterocycles. The van der Waals surface area contributed by atoms with Gasteiger partial charge in [-0.3, -0.25) is 4.79 Å². The summed E-state index contributed by atoms with van der Waals surface area (Å²) < 4.78 is 5.10. The summed E-state index contributed by atoms with van der Waals surface area (Å²) in [5.41, 5.74) is 0.670. The average Bonchev–Trinajstić information content (AvgIpc) is 3.10. The van der Waals surface area contributed by atoms with Gasteiger partial charge in [-0.1, -0.05) is 0 Å². The molecule has 1 N–H and O–H groups in total. The molecule has 0 radical (unpaired) electrons. The van der Waals surface area contributed by atoms with Crippen LogP contribution in [0.5, 0.6) is 5.75 Å². The van der Waals surface area contributed by atoms with Crippen LogP contribution in [-0.2, 0) is 0 Å². The molecule has 2 aromatic rings. The molecule has 0 unspecified atom stereocenters. The molecule has 0 bridgehead atoms. The molecule has 0 spiro atoms. The number of benzene rings is 1. The Labute approximate surface area is 133 Å². The summed E-state index contributed by atoms with van der Waals surface area (Å²) in [5, 5.41) is 6.18. The zero-order valence-electron chi connectivity index (χ0n) is 12.5. The fourth-order valence-electron chi connectivity index (χ4n) is 2.60. The number of carbonyl (C=O) groups excluding carboxylic acids is 1. The maximum absolute atomic E-state index is 12.2. The number of amides is 1. The third kappa shape index (κ3) is 3.39. The van der Waals surface area contributed by atoms with Crippen LogP contribution in [0, 0.1) is 0 Å². The topological polar surface area (TPSA) is 54.5 Å². The SMILES string of the molecule is COc1ccc(C(=O)NC2CCN(c3nccs3)CC2)cc1. The molecule has 5 nitrogen and oxygen atoms in total. The van der Waals surface area contributed by atoms with Crippen LogP contribution in [0.3, 0.4) is 0 Å². The highest BCUT2D eigenvalue weighted by Gasteiger charge is 2.22. The number of carbonyl (C=O) groups is 1. The molecule has 6 heteroatoms. The first-order valence-electron chi connectivity index (χ1n) is 7.35. The van der Waals surface area contributed by atoms with Gasteiger partial charge < -0.3 is 15.0 Å². The van der Waals surface area contributed by atoms with Crippen LogP contribution < -0.4 is 15.0 Å². The molecule has 2 heterocycles. The number of anilines is 1. The third-order valence-electron chi connectivity index (χ3n) is 3.87. The van der Waals surface area contributed by atoms with Gasteiger partial charge in [-0.25, -0.2) is 4.98 Å². The number of hydrogen-bond acceptors (Lipinski definition) is 5. The second-order valence-electron chi connectivity index (χ2n) is 5.28. The number of hydrogen-bond donors (Lipinski definition) is 1. The Kier molecular flexibility index (Phi) is 4.58. The van der Waals surface area contributed by atoms with Gasteiger partial charge in [0, 0.05) is 36.3 Å². The second kappa shape index (κ2) is 6.79. The molecule has 1 aromatic carbocycles. The Morgan fingerprint density at radius 2 is 2.05 bits per heavy atom. The van der Waals surface area contributed by atoms with E-state index in [-0.39, 0.29) is 11.9 Å². The molecule has 0 atom stereocenters. The minimum atomic E-state index is -0.0182. The van der Waals surface area contributed by atoms with E-state index >= 15 is 0 Å². The molecule has 22 heavy (non-hydrogen) atoms. The normalized spacial score (nSPS) is 15.6. The van der Waals surface area contributed by atoms with Crippen LogP contribution in [-0.4, -0.2) is 37.1 Å². The summed E-state index contributed by atoms with van der Waals surface area (Å²) in [6.07, 6.45) is 3.72. The van der Waals surface area contributed by atoms with Gasteiger partial charge in [-0.05, 0) is 37.1 Å². The van der Waals surface area contributed by atoms with Crippen molar-refractivity contribution < 1.29 is 9.53 Å². The van der Waals surface area contributed by atoms with Crippen molar-refractivity contribution in [3.63, 3.8) is 0 Å². The first kappa shape index (κ1) is 14.8. The maximum Gasteiger partial charge on any atom is 0.251 e. The van der Waals surface area contributed by atoms with Gasteiger partial charge in [0.15, 0.2) is 5.13 Å². The molecule has 0 saturated carbocycles. The number of methoxy groups -OCH3 is 1. The monoisotopic (exact) mass is 317 g/mol. The molecular weight excluding hydrogens is 298 g/mol. The first-order chi connectivity index (χ1) is 10.8. The minimum absolute atomic E-state index is 0.0182. The van der Waals surface area contributed by atoms with E-state index < -0.39 is 0 Å². The van der Waals surface area contributed by atoms with E-state index in [0.717, 1.165) is 36.8 Å². The highest BCUT2D eigenvalue weighted by atomic mass is 32.1. The highest BCUT2D eigenvalue weighted by molar-refractivity contribution is 7.13. The minimum Gasteiger partial charge on any atom is -0.497 e. The quantitative estimate of drug-likeness (QED) is 0.941. The maximum atomic E-state index is 12.2. The van der Waals surface area contributed by atoms with Crippen molar-refractivity contribution in [1.82, 2.24) is 10.3 Å². The zero-order chi connectivity index (χ0) is 15.4. The third-order valence-corrected chi connectivity index (χ3v) is 4.70. The predicted octanol–water partition coefficient (Wildman–Crippen LogP) is 2.55. The van der Waals surface area contributed by atoms with Gasteiger partial charge in [0.1, 0.15) is 5.75 Å². The summed E-state index contributed by atoms with van der Waals surface area (Å²) in [6, 6.07) is 7.42. The first-order valence-corrected chi connectivity index (χ1v) is 8.23. The van der Waals surface area contributed by atoms with Crippen molar-refractivity contribution in [3.8, 4) is 5.75 Å². The van der Waals surface area contributed by atoms with E-state index in [1.165, 1.54) is 0 Å². The summed E-state index contributed by atoms with van der Waals surface area (Å²) in [5.74, 6) is 0.739. The molecule has 1 fully saturated rings. The summed E-state index contributed by atoms with van der Waals surface area (Å²) >= 11 is 1.66. The van der Waals surface area contributed by atoms with E-state index in [1.807, 2.05) is 11.6 Å². The lowest BCUT2D eigenvalue weighted by Crippen LogP contribution is -2.44. The van der Waals surface area contributed by atoms with E-state index in [0.29, 0.717) is 5.56 Å².